The van der Waals surface area contributed by atoms with Crippen molar-refractivity contribution in [2.24, 2.45) is 17.4 Å². The molecule has 2 rings (SSSR count). The van der Waals surface area contributed by atoms with E-state index < -0.39 is 5.54 Å². The molecule has 1 saturated carbocycles. The molecule has 0 heterocycles. The molecular formula is C14H20N2OS. The van der Waals surface area contributed by atoms with Gasteiger partial charge in [-0.05, 0) is 43.1 Å². The number of primary amides is 1. The van der Waals surface area contributed by atoms with E-state index in [1.807, 2.05) is 30.0 Å². The third-order valence-electron chi connectivity index (χ3n) is 3.81. The molecule has 0 aromatic heterocycles. The van der Waals surface area contributed by atoms with E-state index in [4.69, 9.17) is 11.5 Å². The fourth-order valence-electron chi connectivity index (χ4n) is 2.66. The molecular weight excluding hydrogens is 244 g/mol. The summed E-state index contributed by atoms with van der Waals surface area (Å²) in [5, 5.41) is 0. The van der Waals surface area contributed by atoms with Crippen LogP contribution in [0.25, 0.3) is 0 Å². The minimum Gasteiger partial charge on any atom is -0.368 e. The molecule has 18 heavy (non-hydrogen) atoms. The highest BCUT2D eigenvalue weighted by atomic mass is 32.2. The summed E-state index contributed by atoms with van der Waals surface area (Å²) in [6.07, 6.45) is 3.73. The van der Waals surface area contributed by atoms with Crippen LogP contribution < -0.4 is 11.5 Å². The van der Waals surface area contributed by atoms with Gasteiger partial charge in [0, 0.05) is 4.90 Å². The monoisotopic (exact) mass is 264 g/mol. The Morgan fingerprint density at radius 3 is 2.78 bits per heavy atom. The van der Waals surface area contributed by atoms with E-state index in [9.17, 15) is 4.79 Å². The molecule has 2 unspecified atom stereocenters. The van der Waals surface area contributed by atoms with Crippen molar-refractivity contribution >= 4 is 17.7 Å². The van der Waals surface area contributed by atoms with Crippen LogP contribution in [0.5, 0.6) is 0 Å². The van der Waals surface area contributed by atoms with Crippen LogP contribution in [0.15, 0.2) is 35.2 Å². The Kier molecular flexibility index (Phi) is 4.30. The fourth-order valence-corrected chi connectivity index (χ4v) is 3.65. The van der Waals surface area contributed by atoms with E-state index in [-0.39, 0.29) is 11.8 Å². The molecule has 1 aromatic carbocycles. The molecule has 0 radical (unpaired) electrons. The Hall–Kier alpha value is -1.00. The lowest BCUT2D eigenvalue weighted by atomic mass is 9.85. The van der Waals surface area contributed by atoms with Crippen molar-refractivity contribution in [3.63, 3.8) is 0 Å². The maximum atomic E-state index is 11.5. The highest BCUT2D eigenvalue weighted by Crippen LogP contribution is 2.37. The molecule has 0 bridgehead atoms. The summed E-state index contributed by atoms with van der Waals surface area (Å²) in [5.74, 6) is 0.891. The minimum absolute atomic E-state index is 0.242. The van der Waals surface area contributed by atoms with Gasteiger partial charge in [-0.1, -0.05) is 24.6 Å². The van der Waals surface area contributed by atoms with Crippen LogP contribution in [0.2, 0.25) is 0 Å². The van der Waals surface area contributed by atoms with Crippen molar-refractivity contribution in [1.29, 1.82) is 0 Å². The molecule has 0 saturated heterocycles. The van der Waals surface area contributed by atoms with Crippen molar-refractivity contribution in [3.8, 4) is 0 Å². The third kappa shape index (κ3) is 2.87. The van der Waals surface area contributed by atoms with Crippen LogP contribution >= 0.6 is 11.8 Å². The molecule has 1 aromatic rings. The van der Waals surface area contributed by atoms with Gasteiger partial charge in [0.25, 0.3) is 0 Å². The first-order chi connectivity index (χ1) is 8.63. The summed E-state index contributed by atoms with van der Waals surface area (Å²) in [7, 11) is 0. The van der Waals surface area contributed by atoms with Gasteiger partial charge in [-0.2, -0.15) is 0 Å². The highest BCUT2D eigenvalue weighted by Gasteiger charge is 2.43. The zero-order valence-corrected chi connectivity index (χ0v) is 11.3. The zero-order valence-electron chi connectivity index (χ0n) is 10.5. The first-order valence-electron chi connectivity index (χ1n) is 6.39. The Morgan fingerprint density at radius 1 is 1.39 bits per heavy atom. The van der Waals surface area contributed by atoms with Crippen molar-refractivity contribution in [2.75, 3.05) is 5.75 Å². The van der Waals surface area contributed by atoms with Crippen LogP contribution in [-0.2, 0) is 4.79 Å². The number of carbonyl (C=O) groups excluding carboxylic acids is 1. The second-order valence-electron chi connectivity index (χ2n) is 4.94. The predicted molar refractivity (Wildman–Crippen MR) is 75.2 cm³/mol. The van der Waals surface area contributed by atoms with Crippen LogP contribution in [0, 0.1) is 5.92 Å². The first kappa shape index (κ1) is 13.4. The van der Waals surface area contributed by atoms with Gasteiger partial charge in [0.05, 0.1) is 5.54 Å². The average molecular weight is 264 g/mol. The van der Waals surface area contributed by atoms with Gasteiger partial charge in [0.2, 0.25) is 5.91 Å². The summed E-state index contributed by atoms with van der Waals surface area (Å²) >= 11 is 1.81. The average Bonchev–Trinajstić information content (AvgIpc) is 2.74. The lowest BCUT2D eigenvalue weighted by Crippen LogP contribution is -2.54. The second kappa shape index (κ2) is 5.76. The van der Waals surface area contributed by atoms with E-state index in [1.165, 1.54) is 4.90 Å². The maximum absolute atomic E-state index is 11.5. The maximum Gasteiger partial charge on any atom is 0.237 e. The summed E-state index contributed by atoms with van der Waals surface area (Å²) in [6.45, 7) is 0. The topological polar surface area (TPSA) is 69.1 Å². The van der Waals surface area contributed by atoms with Crippen LogP contribution in [0.1, 0.15) is 25.7 Å². The molecule has 0 aliphatic heterocycles. The SMILES string of the molecule is NC(=O)C1(N)CCCC1CCSc1ccccc1. The quantitative estimate of drug-likeness (QED) is 0.801. The van der Waals surface area contributed by atoms with Gasteiger partial charge < -0.3 is 11.5 Å². The fraction of sp³-hybridized carbons (Fsp3) is 0.500. The molecule has 1 fully saturated rings. The van der Waals surface area contributed by atoms with Gasteiger partial charge in [0.15, 0.2) is 0 Å². The number of benzene rings is 1. The molecule has 98 valence electrons. The summed E-state index contributed by atoms with van der Waals surface area (Å²) in [4.78, 5) is 12.7. The van der Waals surface area contributed by atoms with Gasteiger partial charge >= 0.3 is 0 Å². The standard InChI is InChI=1S/C14H20N2OS/c15-13(17)14(16)9-4-5-11(14)8-10-18-12-6-2-1-3-7-12/h1-3,6-7,11H,4-5,8-10,16H2,(H2,15,17). The number of nitrogens with two attached hydrogens (primary N) is 2. The van der Waals surface area contributed by atoms with Crippen molar-refractivity contribution in [2.45, 2.75) is 36.1 Å². The number of amides is 1. The smallest absolute Gasteiger partial charge is 0.237 e. The zero-order chi connectivity index (χ0) is 13.0. The largest absolute Gasteiger partial charge is 0.368 e. The van der Waals surface area contributed by atoms with Crippen LogP contribution in [0.4, 0.5) is 0 Å². The van der Waals surface area contributed by atoms with Gasteiger partial charge in [-0.3, -0.25) is 4.79 Å². The lowest BCUT2D eigenvalue weighted by molar-refractivity contribution is -0.124. The van der Waals surface area contributed by atoms with Gasteiger partial charge in [-0.15, -0.1) is 11.8 Å². The van der Waals surface area contributed by atoms with E-state index in [2.05, 4.69) is 12.1 Å². The van der Waals surface area contributed by atoms with Gasteiger partial charge in [0.1, 0.15) is 0 Å². The number of rotatable bonds is 5. The first-order valence-corrected chi connectivity index (χ1v) is 7.38. The van der Waals surface area contributed by atoms with Crippen molar-refractivity contribution in [3.05, 3.63) is 30.3 Å². The van der Waals surface area contributed by atoms with E-state index in [1.54, 1.807) is 0 Å². The molecule has 4 heteroatoms. The number of carbonyl (C=O) groups is 1. The number of hydrogen-bond donors (Lipinski definition) is 2. The second-order valence-corrected chi connectivity index (χ2v) is 6.11. The Bertz CT molecular complexity index is 410. The molecule has 1 aliphatic rings. The van der Waals surface area contributed by atoms with E-state index in [0.717, 1.165) is 31.4 Å². The normalized spacial score (nSPS) is 27.3. The van der Waals surface area contributed by atoms with Crippen LogP contribution in [-0.4, -0.2) is 17.2 Å². The van der Waals surface area contributed by atoms with E-state index in [0.29, 0.717) is 0 Å². The molecule has 3 nitrogen and oxygen atoms in total. The summed E-state index contributed by atoms with van der Waals surface area (Å²) in [5.41, 5.74) is 10.8. The Labute approximate surface area is 112 Å². The molecule has 4 N–H and O–H groups in total. The minimum atomic E-state index is -0.767. The van der Waals surface area contributed by atoms with Crippen molar-refractivity contribution in [1.82, 2.24) is 0 Å². The predicted octanol–water partition coefficient (Wildman–Crippen LogP) is 2.15. The lowest BCUT2D eigenvalue weighted by Gasteiger charge is -2.27. The molecule has 0 spiro atoms. The van der Waals surface area contributed by atoms with Gasteiger partial charge in [-0.25, -0.2) is 0 Å². The van der Waals surface area contributed by atoms with Crippen LogP contribution in [0.3, 0.4) is 0 Å². The Morgan fingerprint density at radius 2 is 2.11 bits per heavy atom. The third-order valence-corrected chi connectivity index (χ3v) is 4.85. The van der Waals surface area contributed by atoms with Crippen molar-refractivity contribution < 1.29 is 4.79 Å². The van der Waals surface area contributed by atoms with E-state index >= 15 is 0 Å². The summed E-state index contributed by atoms with van der Waals surface area (Å²) < 4.78 is 0. The highest BCUT2D eigenvalue weighted by molar-refractivity contribution is 7.99. The molecule has 1 aliphatic carbocycles. The Balaban J connectivity index is 1.85. The molecule has 2 atom stereocenters. The number of thioether (sulfide) groups is 1. The molecule has 1 amide bonds. The summed E-state index contributed by atoms with van der Waals surface area (Å²) in [6, 6.07) is 10.3. The number of hydrogen-bond acceptors (Lipinski definition) is 3.